The van der Waals surface area contributed by atoms with Gasteiger partial charge < -0.3 is 14.6 Å². The number of nitrogens with one attached hydrogen (secondary N) is 1. The third-order valence-electron chi connectivity index (χ3n) is 4.41. The number of ether oxygens (including phenoxy) is 1. The van der Waals surface area contributed by atoms with Crippen molar-refractivity contribution >= 4 is 16.8 Å². The lowest BCUT2D eigenvalue weighted by molar-refractivity contribution is 0.0926. The fourth-order valence-corrected chi connectivity index (χ4v) is 3.25. The molecule has 2 aromatic carbocycles. The highest BCUT2D eigenvalue weighted by atomic mass is 16.5. The molecule has 1 N–H and O–H groups in total. The van der Waals surface area contributed by atoms with Crippen molar-refractivity contribution in [2.24, 2.45) is 7.05 Å². The van der Waals surface area contributed by atoms with Gasteiger partial charge in [0.1, 0.15) is 5.75 Å². The molecular weight excluding hydrogens is 288 g/mol. The minimum absolute atomic E-state index is 0.00795. The molecule has 1 aliphatic heterocycles. The highest BCUT2D eigenvalue weighted by Crippen LogP contribution is 2.32. The third kappa shape index (κ3) is 2.36. The van der Waals surface area contributed by atoms with Gasteiger partial charge in [-0.2, -0.15) is 0 Å². The van der Waals surface area contributed by atoms with Crippen molar-refractivity contribution in [2.45, 2.75) is 12.5 Å². The molecule has 1 aromatic heterocycles. The number of fused-ring (bicyclic) bond motifs is 2. The molecular formula is C19H18N2O2. The van der Waals surface area contributed by atoms with Gasteiger partial charge in [-0.05, 0) is 12.1 Å². The van der Waals surface area contributed by atoms with E-state index in [1.54, 1.807) is 0 Å². The first-order chi connectivity index (χ1) is 11.2. The van der Waals surface area contributed by atoms with Crippen molar-refractivity contribution < 1.29 is 9.53 Å². The number of para-hydroxylation sites is 2. The SMILES string of the molecule is Cn1cc(C(=O)NC2CCOc3ccccc32)c2ccccc21. The minimum atomic E-state index is -0.0384. The van der Waals surface area contributed by atoms with Crippen LogP contribution in [0.4, 0.5) is 0 Å². The summed E-state index contributed by atoms with van der Waals surface area (Å²) in [7, 11) is 1.96. The molecule has 23 heavy (non-hydrogen) atoms. The van der Waals surface area contributed by atoms with E-state index in [0.29, 0.717) is 12.2 Å². The molecule has 1 aliphatic rings. The van der Waals surface area contributed by atoms with Gasteiger partial charge in [-0.1, -0.05) is 36.4 Å². The van der Waals surface area contributed by atoms with Crippen molar-refractivity contribution in [1.29, 1.82) is 0 Å². The number of aromatic nitrogens is 1. The summed E-state index contributed by atoms with van der Waals surface area (Å²) < 4.78 is 7.65. The number of carbonyl (C=O) groups excluding carboxylic acids is 1. The maximum absolute atomic E-state index is 12.8. The summed E-state index contributed by atoms with van der Waals surface area (Å²) in [5.74, 6) is 0.825. The molecule has 3 aromatic rings. The summed E-state index contributed by atoms with van der Waals surface area (Å²) in [6, 6.07) is 15.8. The Balaban J connectivity index is 1.66. The zero-order valence-corrected chi connectivity index (χ0v) is 13.0. The molecule has 4 heteroatoms. The predicted molar refractivity (Wildman–Crippen MR) is 89.7 cm³/mol. The molecule has 4 rings (SSSR count). The number of hydrogen-bond donors (Lipinski definition) is 1. The average molecular weight is 306 g/mol. The molecule has 0 saturated heterocycles. The van der Waals surface area contributed by atoms with Crippen LogP contribution in [0.3, 0.4) is 0 Å². The largest absolute Gasteiger partial charge is 0.493 e. The van der Waals surface area contributed by atoms with Crippen molar-refractivity contribution in [2.75, 3.05) is 6.61 Å². The Morgan fingerprint density at radius 3 is 2.87 bits per heavy atom. The number of rotatable bonds is 2. The Labute approximate surface area is 134 Å². The second-order valence-corrected chi connectivity index (χ2v) is 5.87. The third-order valence-corrected chi connectivity index (χ3v) is 4.41. The first-order valence-corrected chi connectivity index (χ1v) is 7.80. The van der Waals surface area contributed by atoms with Crippen LogP contribution in [0.15, 0.2) is 54.7 Å². The Bertz CT molecular complexity index is 882. The topological polar surface area (TPSA) is 43.3 Å². The summed E-state index contributed by atoms with van der Waals surface area (Å²) in [5, 5.41) is 4.14. The van der Waals surface area contributed by atoms with Crippen LogP contribution in [0.25, 0.3) is 10.9 Å². The van der Waals surface area contributed by atoms with Crippen LogP contribution in [0.1, 0.15) is 28.4 Å². The van der Waals surface area contributed by atoms with Crippen molar-refractivity contribution in [3.63, 3.8) is 0 Å². The van der Waals surface area contributed by atoms with Gasteiger partial charge in [0, 0.05) is 36.1 Å². The average Bonchev–Trinajstić information content (AvgIpc) is 2.93. The van der Waals surface area contributed by atoms with Crippen molar-refractivity contribution in [3.8, 4) is 5.75 Å². The summed E-state index contributed by atoms with van der Waals surface area (Å²) in [5.41, 5.74) is 2.82. The summed E-state index contributed by atoms with van der Waals surface area (Å²) in [4.78, 5) is 12.8. The van der Waals surface area contributed by atoms with E-state index in [9.17, 15) is 4.79 Å². The van der Waals surface area contributed by atoms with E-state index >= 15 is 0 Å². The molecule has 0 bridgehead atoms. The van der Waals surface area contributed by atoms with Gasteiger partial charge in [0.2, 0.25) is 0 Å². The molecule has 0 fully saturated rings. The summed E-state index contributed by atoms with van der Waals surface area (Å²) in [6.45, 7) is 0.623. The Morgan fingerprint density at radius 1 is 1.17 bits per heavy atom. The second kappa shape index (κ2) is 5.47. The molecule has 0 radical (unpaired) electrons. The van der Waals surface area contributed by atoms with Crippen LogP contribution in [0.5, 0.6) is 5.75 Å². The van der Waals surface area contributed by atoms with Crippen molar-refractivity contribution in [1.82, 2.24) is 9.88 Å². The highest BCUT2D eigenvalue weighted by Gasteiger charge is 2.24. The van der Waals surface area contributed by atoms with Crippen molar-refractivity contribution in [3.05, 3.63) is 65.9 Å². The van der Waals surface area contributed by atoms with Gasteiger partial charge in [0.05, 0.1) is 18.2 Å². The van der Waals surface area contributed by atoms with Gasteiger partial charge in [0.25, 0.3) is 5.91 Å². The van der Waals surface area contributed by atoms with Crippen LogP contribution >= 0.6 is 0 Å². The number of nitrogens with zero attached hydrogens (tertiary/aromatic N) is 1. The quantitative estimate of drug-likeness (QED) is 0.788. The van der Waals surface area contributed by atoms with Crippen LogP contribution in [0.2, 0.25) is 0 Å². The van der Waals surface area contributed by atoms with Crippen LogP contribution in [-0.2, 0) is 7.05 Å². The smallest absolute Gasteiger partial charge is 0.253 e. The van der Waals surface area contributed by atoms with Gasteiger partial charge in [-0.25, -0.2) is 0 Å². The molecule has 0 saturated carbocycles. The number of benzene rings is 2. The van der Waals surface area contributed by atoms with E-state index in [1.807, 2.05) is 66.3 Å². The molecule has 0 spiro atoms. The van der Waals surface area contributed by atoms with Gasteiger partial charge >= 0.3 is 0 Å². The van der Waals surface area contributed by atoms with Crippen LogP contribution in [-0.4, -0.2) is 17.1 Å². The Hall–Kier alpha value is -2.75. The lowest BCUT2D eigenvalue weighted by Gasteiger charge is -2.26. The van der Waals surface area contributed by atoms with E-state index < -0.39 is 0 Å². The molecule has 2 heterocycles. The normalized spacial score (nSPS) is 16.7. The Morgan fingerprint density at radius 2 is 1.96 bits per heavy atom. The van der Waals surface area contributed by atoms with E-state index in [-0.39, 0.29) is 11.9 Å². The van der Waals surface area contributed by atoms with Gasteiger partial charge in [-0.3, -0.25) is 4.79 Å². The second-order valence-electron chi connectivity index (χ2n) is 5.87. The zero-order chi connectivity index (χ0) is 15.8. The number of carbonyl (C=O) groups is 1. The lowest BCUT2D eigenvalue weighted by atomic mass is 10.00. The van der Waals surface area contributed by atoms with E-state index in [1.165, 1.54) is 0 Å². The van der Waals surface area contributed by atoms with E-state index in [2.05, 4.69) is 5.32 Å². The molecule has 0 aliphatic carbocycles. The predicted octanol–water partition coefficient (Wildman–Crippen LogP) is 3.43. The first kappa shape index (κ1) is 13.9. The Kier molecular flexibility index (Phi) is 3.30. The zero-order valence-electron chi connectivity index (χ0n) is 13.0. The van der Waals surface area contributed by atoms with Crippen LogP contribution < -0.4 is 10.1 Å². The summed E-state index contributed by atoms with van der Waals surface area (Å²) >= 11 is 0. The molecule has 1 atom stereocenters. The van der Waals surface area contributed by atoms with Crippen LogP contribution in [0, 0.1) is 0 Å². The highest BCUT2D eigenvalue weighted by molar-refractivity contribution is 6.07. The maximum Gasteiger partial charge on any atom is 0.253 e. The molecule has 116 valence electrons. The standard InChI is InChI=1S/C19H18N2O2/c1-21-12-15(13-6-2-4-8-17(13)21)19(22)20-16-10-11-23-18-9-5-3-7-14(16)18/h2-9,12,16H,10-11H2,1H3,(H,20,22). The first-order valence-electron chi connectivity index (χ1n) is 7.80. The number of hydrogen-bond acceptors (Lipinski definition) is 2. The molecule has 1 unspecified atom stereocenters. The van der Waals surface area contributed by atoms with Gasteiger partial charge in [-0.15, -0.1) is 0 Å². The van der Waals surface area contributed by atoms with Gasteiger partial charge in [0.15, 0.2) is 0 Å². The monoisotopic (exact) mass is 306 g/mol. The molecule has 4 nitrogen and oxygen atoms in total. The lowest BCUT2D eigenvalue weighted by Crippen LogP contribution is -2.32. The van der Waals surface area contributed by atoms with E-state index in [4.69, 9.17) is 4.74 Å². The fourth-order valence-electron chi connectivity index (χ4n) is 3.25. The molecule has 1 amide bonds. The fraction of sp³-hybridized carbons (Fsp3) is 0.211. The number of aryl methyl sites for hydroxylation is 1. The number of amides is 1. The summed E-state index contributed by atoms with van der Waals surface area (Å²) in [6.07, 6.45) is 2.68. The minimum Gasteiger partial charge on any atom is -0.493 e. The maximum atomic E-state index is 12.8. The van der Waals surface area contributed by atoms with E-state index in [0.717, 1.165) is 28.6 Å².